The van der Waals surface area contributed by atoms with Crippen LogP contribution in [0.2, 0.25) is 0 Å². The number of benzene rings is 1. The van der Waals surface area contributed by atoms with Crippen LogP contribution in [0, 0.1) is 50.7 Å². The van der Waals surface area contributed by atoms with Crippen LogP contribution in [-0.2, 0) is 35.1 Å². The van der Waals surface area contributed by atoms with Crippen LogP contribution in [0.25, 0.3) is 0 Å². The predicted molar refractivity (Wildman–Crippen MR) is 194 cm³/mol. The van der Waals surface area contributed by atoms with Gasteiger partial charge in [-0.05, 0) is 116 Å². The Labute approximate surface area is 310 Å². The van der Waals surface area contributed by atoms with Crippen LogP contribution >= 0.6 is 0 Å². The number of nitrogens with zero attached hydrogens (tertiary/aromatic N) is 1. The highest BCUT2D eigenvalue weighted by atomic mass is 16.7. The molecule has 2 spiro atoms. The molecule has 9 nitrogen and oxygen atoms in total. The number of carbonyl (C=O) groups excluding carboxylic acids is 2. The van der Waals surface area contributed by atoms with Crippen molar-refractivity contribution in [1.29, 1.82) is 0 Å². The lowest BCUT2D eigenvalue weighted by molar-refractivity contribution is -0.244. The van der Waals surface area contributed by atoms with Crippen molar-refractivity contribution in [3.05, 3.63) is 35.9 Å². The molecule has 1 amide bonds. The summed E-state index contributed by atoms with van der Waals surface area (Å²) in [5.74, 6) is 0.765. The Morgan fingerprint density at radius 3 is 2.42 bits per heavy atom. The van der Waals surface area contributed by atoms with Crippen LogP contribution in [-0.4, -0.2) is 82.6 Å². The number of aliphatic hydroxyl groups is 2. The molecule has 8 rings (SSSR count). The Balaban J connectivity index is 1.01. The zero-order chi connectivity index (χ0) is 37.2. The summed E-state index contributed by atoms with van der Waals surface area (Å²) in [6.45, 7) is 18.2. The lowest BCUT2D eigenvalue weighted by atomic mass is 9.41. The molecule has 2 saturated heterocycles. The van der Waals surface area contributed by atoms with Gasteiger partial charge >= 0.3 is 5.97 Å². The fourth-order valence-corrected chi connectivity index (χ4v) is 14.4. The third-order valence-corrected chi connectivity index (χ3v) is 16.7. The SMILES string of the molecule is CC(=O)OC(C1C[C@@H](C)C2C(O1)[C@H](O)[C@@]1(C)C3CC[C@H]4C(C)(C)C(OC5OCCN(Cc6ccccc6)C5=O)CCC45CC35CCC21C)C(C)(C)O. The number of amides is 1. The zero-order valence-corrected chi connectivity index (χ0v) is 32.7. The minimum absolute atomic E-state index is 0.0699. The fourth-order valence-electron chi connectivity index (χ4n) is 14.4. The molecule has 288 valence electrons. The summed E-state index contributed by atoms with van der Waals surface area (Å²) in [6, 6.07) is 10.1. The molecule has 7 fully saturated rings. The van der Waals surface area contributed by atoms with Crippen molar-refractivity contribution < 1.29 is 38.7 Å². The van der Waals surface area contributed by atoms with Gasteiger partial charge in [-0.3, -0.25) is 9.59 Å². The first-order valence-electron chi connectivity index (χ1n) is 20.2. The van der Waals surface area contributed by atoms with Gasteiger partial charge in [-0.15, -0.1) is 0 Å². The van der Waals surface area contributed by atoms with Crippen LogP contribution in [0.15, 0.2) is 30.3 Å². The van der Waals surface area contributed by atoms with E-state index in [1.807, 2.05) is 23.1 Å². The van der Waals surface area contributed by atoms with Gasteiger partial charge in [0.25, 0.3) is 5.91 Å². The number of hydrogen-bond acceptors (Lipinski definition) is 8. The Morgan fingerprint density at radius 1 is 1.04 bits per heavy atom. The van der Waals surface area contributed by atoms with E-state index in [0.717, 1.165) is 37.7 Å². The third kappa shape index (κ3) is 5.10. The van der Waals surface area contributed by atoms with Crippen molar-refractivity contribution in [2.45, 2.75) is 156 Å². The summed E-state index contributed by atoms with van der Waals surface area (Å²) >= 11 is 0. The molecule has 14 atom stereocenters. The minimum atomic E-state index is -1.27. The van der Waals surface area contributed by atoms with E-state index in [2.05, 4.69) is 46.8 Å². The maximum absolute atomic E-state index is 13.6. The first kappa shape index (κ1) is 36.9. The van der Waals surface area contributed by atoms with Gasteiger partial charge in [0.1, 0.15) is 0 Å². The highest BCUT2D eigenvalue weighted by molar-refractivity contribution is 5.80. The smallest absolute Gasteiger partial charge is 0.303 e. The molecule has 1 aromatic carbocycles. The van der Waals surface area contributed by atoms with E-state index in [4.69, 9.17) is 18.9 Å². The molecule has 2 aliphatic heterocycles. The van der Waals surface area contributed by atoms with Gasteiger partial charge in [-0.25, -0.2) is 0 Å². The topological polar surface area (TPSA) is 115 Å². The lowest BCUT2D eigenvalue weighted by Crippen LogP contribution is -2.60. The molecule has 9 heteroatoms. The third-order valence-electron chi connectivity index (χ3n) is 16.7. The van der Waals surface area contributed by atoms with E-state index in [0.29, 0.717) is 38.0 Å². The van der Waals surface area contributed by atoms with Crippen molar-refractivity contribution in [2.24, 2.45) is 50.7 Å². The van der Waals surface area contributed by atoms with Gasteiger partial charge < -0.3 is 34.1 Å². The Kier molecular flexibility index (Phi) is 8.68. The van der Waals surface area contributed by atoms with Gasteiger partial charge in [0.05, 0.1) is 36.6 Å². The lowest BCUT2D eigenvalue weighted by Gasteiger charge is -2.63. The standard InChI is InChI=1S/C43H63NO8/c1-25-22-28(35(39(5,6)48)50-26(2)45)51-33-32(25)40(7)18-19-43-24-42(43)17-16-31(38(3,4)29(42)14-15-30(43)41(40,8)34(33)46)52-37-36(47)44(20-21-49-37)23-27-12-10-9-11-13-27/h9-13,25,28-35,37,46,48H,14-24H2,1-8H3/t25-,28?,29+,30?,31?,32?,33?,34+,35?,37?,40?,41-,42?,43?/m1/s1. The van der Waals surface area contributed by atoms with E-state index in [-0.39, 0.29) is 57.0 Å². The Bertz CT molecular complexity index is 1560. The molecule has 5 saturated carbocycles. The van der Waals surface area contributed by atoms with E-state index < -0.39 is 36.2 Å². The van der Waals surface area contributed by atoms with Gasteiger partial charge in [0.2, 0.25) is 6.29 Å². The van der Waals surface area contributed by atoms with Crippen LogP contribution in [0.4, 0.5) is 0 Å². The number of esters is 1. The highest BCUT2D eigenvalue weighted by Gasteiger charge is 2.84. The first-order chi connectivity index (χ1) is 24.4. The summed E-state index contributed by atoms with van der Waals surface area (Å²) in [5, 5.41) is 23.7. The summed E-state index contributed by atoms with van der Waals surface area (Å²) in [5.41, 5.74) is -0.327. The summed E-state index contributed by atoms with van der Waals surface area (Å²) < 4.78 is 25.3. The van der Waals surface area contributed by atoms with Crippen molar-refractivity contribution in [3.63, 3.8) is 0 Å². The monoisotopic (exact) mass is 721 g/mol. The van der Waals surface area contributed by atoms with Crippen molar-refractivity contribution in [3.8, 4) is 0 Å². The number of morpholine rings is 1. The highest BCUT2D eigenvalue weighted by Crippen LogP contribution is 2.89. The van der Waals surface area contributed by atoms with Gasteiger partial charge in [0.15, 0.2) is 6.10 Å². The number of fused-ring (bicyclic) bond motifs is 4. The van der Waals surface area contributed by atoms with Gasteiger partial charge in [0, 0.05) is 25.4 Å². The second-order valence-corrected chi connectivity index (χ2v) is 19.8. The van der Waals surface area contributed by atoms with Crippen molar-refractivity contribution >= 4 is 11.9 Å². The maximum Gasteiger partial charge on any atom is 0.303 e. The molecule has 7 aliphatic rings. The summed E-state index contributed by atoms with van der Waals surface area (Å²) in [7, 11) is 0. The quantitative estimate of drug-likeness (QED) is 0.317. The van der Waals surface area contributed by atoms with Gasteiger partial charge in [-0.2, -0.15) is 0 Å². The van der Waals surface area contributed by atoms with E-state index in [9.17, 15) is 19.8 Å². The van der Waals surface area contributed by atoms with Crippen molar-refractivity contribution in [2.75, 3.05) is 13.2 Å². The maximum atomic E-state index is 13.6. The van der Waals surface area contributed by atoms with Crippen LogP contribution in [0.1, 0.15) is 112 Å². The van der Waals surface area contributed by atoms with Crippen molar-refractivity contribution in [1.82, 2.24) is 4.90 Å². The minimum Gasteiger partial charge on any atom is -0.457 e. The van der Waals surface area contributed by atoms with Gasteiger partial charge in [-0.1, -0.05) is 65.0 Å². The van der Waals surface area contributed by atoms with Crippen LogP contribution < -0.4 is 0 Å². The Hall–Kier alpha value is -2.04. The average molecular weight is 722 g/mol. The first-order valence-corrected chi connectivity index (χ1v) is 20.2. The average Bonchev–Trinajstić information content (AvgIpc) is 3.71. The van der Waals surface area contributed by atoms with E-state index >= 15 is 0 Å². The Morgan fingerprint density at radius 2 is 1.73 bits per heavy atom. The molecule has 0 radical (unpaired) electrons. The number of ether oxygens (including phenoxy) is 4. The molecule has 2 heterocycles. The molecule has 52 heavy (non-hydrogen) atoms. The van der Waals surface area contributed by atoms with E-state index in [1.54, 1.807) is 13.8 Å². The number of aliphatic hydroxyl groups excluding tert-OH is 1. The fraction of sp³-hybridized carbons (Fsp3) is 0.814. The number of hydrogen-bond donors (Lipinski definition) is 2. The summed E-state index contributed by atoms with van der Waals surface area (Å²) in [6.07, 6.45) is 4.99. The predicted octanol–water partition coefficient (Wildman–Crippen LogP) is 6.27. The molecular formula is C43H63NO8. The molecule has 2 N–H and O–H groups in total. The molecule has 5 aliphatic carbocycles. The molecule has 0 aromatic heterocycles. The summed E-state index contributed by atoms with van der Waals surface area (Å²) in [4.78, 5) is 27.6. The number of carbonyl (C=O) groups is 2. The largest absolute Gasteiger partial charge is 0.457 e. The second-order valence-electron chi connectivity index (χ2n) is 19.8. The second kappa shape index (κ2) is 12.2. The molecular weight excluding hydrogens is 658 g/mol. The van der Waals surface area contributed by atoms with Crippen LogP contribution in [0.5, 0.6) is 0 Å². The molecule has 0 bridgehead atoms. The zero-order valence-electron chi connectivity index (χ0n) is 32.7. The molecule has 10 unspecified atom stereocenters. The normalized spacial score (nSPS) is 46.9. The number of rotatable bonds is 7. The van der Waals surface area contributed by atoms with Crippen LogP contribution in [0.3, 0.4) is 0 Å². The van der Waals surface area contributed by atoms with E-state index in [1.165, 1.54) is 19.8 Å². The molecule has 1 aromatic rings.